The third kappa shape index (κ3) is 6.75. The van der Waals surface area contributed by atoms with Crippen molar-refractivity contribution >= 4 is 41.2 Å². The number of hydrazone groups is 1. The van der Waals surface area contributed by atoms with Gasteiger partial charge in [0.2, 0.25) is 0 Å². The molecule has 160 valence electrons. The van der Waals surface area contributed by atoms with Crippen molar-refractivity contribution in [1.29, 1.82) is 0 Å². The predicted molar refractivity (Wildman–Crippen MR) is 121 cm³/mol. The van der Waals surface area contributed by atoms with E-state index in [1.807, 2.05) is 45.0 Å². The monoisotopic (exact) mass is 449 g/mol. The van der Waals surface area contributed by atoms with Crippen LogP contribution in [0.15, 0.2) is 47.6 Å². The van der Waals surface area contributed by atoms with Gasteiger partial charge < -0.3 is 10.1 Å². The first-order chi connectivity index (χ1) is 14.3. The summed E-state index contributed by atoms with van der Waals surface area (Å²) in [7, 11) is 0. The SMILES string of the molecule is CCCOc1ccccc1/C=N\NC(=O)C(NC(=O)c1ccc(Cl)c(Cl)c1)C(C)C. The minimum Gasteiger partial charge on any atom is -0.493 e. The van der Waals surface area contributed by atoms with Crippen LogP contribution in [0.3, 0.4) is 0 Å². The Morgan fingerprint density at radius 2 is 1.87 bits per heavy atom. The normalized spacial score (nSPS) is 12.1. The highest BCUT2D eigenvalue weighted by Crippen LogP contribution is 2.22. The minimum atomic E-state index is -0.782. The molecule has 0 heterocycles. The number of benzene rings is 2. The van der Waals surface area contributed by atoms with Crippen molar-refractivity contribution in [3.63, 3.8) is 0 Å². The van der Waals surface area contributed by atoms with Gasteiger partial charge in [-0.25, -0.2) is 5.43 Å². The number of amides is 2. The first-order valence-corrected chi connectivity index (χ1v) is 10.4. The third-order valence-electron chi connectivity index (χ3n) is 4.18. The van der Waals surface area contributed by atoms with Gasteiger partial charge in [-0.3, -0.25) is 9.59 Å². The van der Waals surface area contributed by atoms with E-state index in [4.69, 9.17) is 27.9 Å². The van der Waals surface area contributed by atoms with Gasteiger partial charge in [-0.15, -0.1) is 0 Å². The molecule has 8 heteroatoms. The maximum atomic E-state index is 12.6. The van der Waals surface area contributed by atoms with Crippen molar-refractivity contribution < 1.29 is 14.3 Å². The quantitative estimate of drug-likeness (QED) is 0.430. The van der Waals surface area contributed by atoms with Crippen molar-refractivity contribution in [2.45, 2.75) is 33.2 Å². The van der Waals surface area contributed by atoms with E-state index < -0.39 is 17.9 Å². The Balaban J connectivity index is 2.04. The van der Waals surface area contributed by atoms with Gasteiger partial charge in [-0.2, -0.15) is 5.10 Å². The van der Waals surface area contributed by atoms with Crippen molar-refractivity contribution in [1.82, 2.24) is 10.7 Å². The fourth-order valence-electron chi connectivity index (χ4n) is 2.56. The van der Waals surface area contributed by atoms with E-state index in [9.17, 15) is 9.59 Å². The molecule has 0 aliphatic carbocycles. The van der Waals surface area contributed by atoms with Crippen LogP contribution < -0.4 is 15.5 Å². The Bertz CT molecular complexity index is 916. The maximum Gasteiger partial charge on any atom is 0.262 e. The van der Waals surface area contributed by atoms with Gasteiger partial charge in [-0.1, -0.05) is 56.1 Å². The molecule has 0 radical (unpaired) electrons. The molecule has 2 N–H and O–H groups in total. The first kappa shape index (κ1) is 23.7. The summed E-state index contributed by atoms with van der Waals surface area (Å²) in [5.74, 6) is -0.330. The molecule has 0 saturated carbocycles. The molecule has 2 aromatic rings. The molecule has 2 rings (SSSR count). The zero-order chi connectivity index (χ0) is 22.1. The standard InChI is InChI=1S/C22H25Cl2N3O3/c1-4-11-30-19-8-6-5-7-16(19)13-25-27-22(29)20(14(2)3)26-21(28)15-9-10-17(23)18(24)12-15/h5-10,12-14,20H,4,11H2,1-3H3,(H,26,28)(H,27,29)/b25-13-. The lowest BCUT2D eigenvalue weighted by atomic mass is 10.0. The lowest BCUT2D eigenvalue weighted by Gasteiger charge is -2.20. The molecule has 0 saturated heterocycles. The van der Waals surface area contributed by atoms with Crippen LogP contribution in [0.5, 0.6) is 5.75 Å². The van der Waals surface area contributed by atoms with E-state index in [0.29, 0.717) is 22.9 Å². The lowest BCUT2D eigenvalue weighted by molar-refractivity contribution is -0.123. The summed E-state index contributed by atoms with van der Waals surface area (Å²) >= 11 is 11.9. The highest BCUT2D eigenvalue weighted by Gasteiger charge is 2.24. The van der Waals surface area contributed by atoms with Gasteiger partial charge >= 0.3 is 0 Å². The molecule has 30 heavy (non-hydrogen) atoms. The number of hydrogen-bond donors (Lipinski definition) is 2. The zero-order valence-electron chi connectivity index (χ0n) is 17.1. The van der Waals surface area contributed by atoms with Crippen LogP contribution in [0.1, 0.15) is 43.1 Å². The van der Waals surface area contributed by atoms with E-state index >= 15 is 0 Å². The molecule has 1 unspecified atom stereocenters. The molecule has 6 nitrogen and oxygen atoms in total. The van der Waals surface area contributed by atoms with Crippen LogP contribution in [0.4, 0.5) is 0 Å². The Morgan fingerprint density at radius 3 is 2.53 bits per heavy atom. The Morgan fingerprint density at radius 1 is 1.13 bits per heavy atom. The number of carbonyl (C=O) groups is 2. The number of nitrogens with zero attached hydrogens (tertiary/aromatic N) is 1. The lowest BCUT2D eigenvalue weighted by Crippen LogP contribution is -2.48. The molecular formula is C22H25Cl2N3O3. The van der Waals surface area contributed by atoms with E-state index in [-0.39, 0.29) is 10.9 Å². The summed E-state index contributed by atoms with van der Waals surface area (Å²) in [4.78, 5) is 25.1. The largest absolute Gasteiger partial charge is 0.493 e. The molecule has 1 atom stereocenters. The fourth-order valence-corrected chi connectivity index (χ4v) is 2.86. The fraction of sp³-hybridized carbons (Fsp3) is 0.318. The highest BCUT2D eigenvalue weighted by molar-refractivity contribution is 6.42. The van der Waals surface area contributed by atoms with E-state index in [1.165, 1.54) is 18.3 Å². The van der Waals surface area contributed by atoms with Gasteiger partial charge in [0.1, 0.15) is 11.8 Å². The van der Waals surface area contributed by atoms with Crippen LogP contribution in [0.2, 0.25) is 10.0 Å². The number of halogens is 2. The summed E-state index contributed by atoms with van der Waals surface area (Å²) in [6.45, 7) is 6.27. The van der Waals surface area contributed by atoms with Gasteiger partial charge in [0.25, 0.3) is 11.8 Å². The first-order valence-electron chi connectivity index (χ1n) is 9.64. The molecule has 0 aliphatic rings. The molecular weight excluding hydrogens is 425 g/mol. The number of nitrogens with one attached hydrogen (secondary N) is 2. The van der Waals surface area contributed by atoms with E-state index in [0.717, 1.165) is 12.0 Å². The van der Waals surface area contributed by atoms with Crippen molar-refractivity contribution in [2.75, 3.05) is 6.61 Å². The number of ether oxygens (including phenoxy) is 1. The summed E-state index contributed by atoms with van der Waals surface area (Å²) in [5, 5.41) is 7.36. The second kappa shape index (κ2) is 11.6. The van der Waals surface area contributed by atoms with Crippen LogP contribution in [0.25, 0.3) is 0 Å². The van der Waals surface area contributed by atoms with E-state index in [2.05, 4.69) is 15.8 Å². The molecule has 2 amide bonds. The number of para-hydroxylation sites is 1. The molecule has 0 aliphatic heterocycles. The highest BCUT2D eigenvalue weighted by atomic mass is 35.5. The van der Waals surface area contributed by atoms with Crippen molar-refractivity contribution in [2.24, 2.45) is 11.0 Å². The van der Waals surface area contributed by atoms with Crippen LogP contribution >= 0.6 is 23.2 Å². The van der Waals surface area contributed by atoms with Gasteiger partial charge in [0, 0.05) is 11.1 Å². The smallest absolute Gasteiger partial charge is 0.262 e. The number of carbonyl (C=O) groups excluding carboxylic acids is 2. The molecule has 0 aromatic heterocycles. The van der Waals surface area contributed by atoms with Crippen molar-refractivity contribution in [3.8, 4) is 5.75 Å². The Labute approximate surface area is 186 Å². The Hall–Kier alpha value is -2.57. The van der Waals surface area contributed by atoms with Crippen LogP contribution in [0, 0.1) is 5.92 Å². The predicted octanol–water partition coefficient (Wildman–Crippen LogP) is 4.69. The van der Waals surface area contributed by atoms with Gasteiger partial charge in [0.15, 0.2) is 0 Å². The van der Waals surface area contributed by atoms with E-state index in [1.54, 1.807) is 6.07 Å². The summed E-state index contributed by atoms with van der Waals surface area (Å²) in [6.07, 6.45) is 2.40. The second-order valence-electron chi connectivity index (χ2n) is 6.94. The van der Waals surface area contributed by atoms with Gasteiger partial charge in [0.05, 0.1) is 22.9 Å². The Kier molecular flexibility index (Phi) is 9.15. The molecule has 0 spiro atoms. The molecule has 0 fully saturated rings. The van der Waals surface area contributed by atoms with Crippen LogP contribution in [-0.2, 0) is 4.79 Å². The third-order valence-corrected chi connectivity index (χ3v) is 4.92. The average molecular weight is 450 g/mol. The zero-order valence-corrected chi connectivity index (χ0v) is 18.6. The summed E-state index contributed by atoms with van der Waals surface area (Å²) < 4.78 is 5.67. The molecule has 0 bridgehead atoms. The van der Waals surface area contributed by atoms with Crippen molar-refractivity contribution in [3.05, 3.63) is 63.6 Å². The summed E-state index contributed by atoms with van der Waals surface area (Å²) in [6, 6.07) is 11.2. The molecule has 2 aromatic carbocycles. The van der Waals surface area contributed by atoms with Crippen LogP contribution in [-0.4, -0.2) is 30.7 Å². The second-order valence-corrected chi connectivity index (χ2v) is 7.76. The maximum absolute atomic E-state index is 12.6. The van der Waals surface area contributed by atoms with Gasteiger partial charge in [-0.05, 0) is 42.7 Å². The summed E-state index contributed by atoms with van der Waals surface area (Å²) in [5.41, 5.74) is 3.54. The number of rotatable bonds is 9. The minimum absolute atomic E-state index is 0.160. The topological polar surface area (TPSA) is 79.8 Å². The number of hydrogen-bond acceptors (Lipinski definition) is 4. The average Bonchev–Trinajstić information content (AvgIpc) is 2.72.